The van der Waals surface area contributed by atoms with Crippen LogP contribution in [0.25, 0.3) is 0 Å². The molecule has 0 aliphatic rings. The van der Waals surface area contributed by atoms with Crippen molar-refractivity contribution in [1.29, 1.82) is 0 Å². The average Bonchev–Trinajstić information content (AvgIpc) is 2.92. The summed E-state index contributed by atoms with van der Waals surface area (Å²) in [6.45, 7) is 21.9. The fourth-order valence-corrected chi connectivity index (χ4v) is 3.79. The number of esters is 2. The van der Waals surface area contributed by atoms with Crippen LogP contribution in [0, 0.1) is 0 Å². The van der Waals surface area contributed by atoms with Gasteiger partial charge in [0.15, 0.2) is 0 Å². The molecule has 0 aliphatic carbocycles. The molecule has 41 heavy (non-hydrogen) atoms. The maximum atomic E-state index is 11.8. The Morgan fingerprint density at radius 3 is 1.27 bits per heavy atom. The molecular formula is C33H44O8. The minimum Gasteiger partial charge on any atom is -0.465 e. The molecule has 0 spiro atoms. The molecule has 0 saturated heterocycles. The van der Waals surface area contributed by atoms with Gasteiger partial charge in [0.05, 0.1) is 0 Å². The summed E-state index contributed by atoms with van der Waals surface area (Å²) in [5.41, 5.74) is 2.52. The Kier molecular flexibility index (Phi) is 12.6. The molecule has 0 bridgehead atoms. The van der Waals surface area contributed by atoms with Crippen molar-refractivity contribution in [3.8, 4) is 11.5 Å². The molecule has 0 N–H and O–H groups in total. The molecule has 4 unspecified atom stereocenters. The number of hydrogen-bond donors (Lipinski definition) is 0. The van der Waals surface area contributed by atoms with E-state index in [0.717, 1.165) is 11.1 Å². The van der Waals surface area contributed by atoms with Crippen molar-refractivity contribution in [1.82, 2.24) is 0 Å². The molecule has 0 amide bonds. The van der Waals surface area contributed by atoms with Crippen molar-refractivity contribution in [2.24, 2.45) is 0 Å². The number of ether oxygens (including phenoxy) is 6. The SMILES string of the molecule is C=C(C)C(=O)OC(CC)OC(C)Oc1ccc(C(C)(C)c2ccc(OC(C)OC(CC)OC(=O)C(=C)C)cc2)cc1. The Hall–Kier alpha value is -3.62. The van der Waals surface area contributed by atoms with Gasteiger partial charge < -0.3 is 28.4 Å². The summed E-state index contributed by atoms with van der Waals surface area (Å²) in [5, 5.41) is 0. The van der Waals surface area contributed by atoms with Crippen molar-refractivity contribution in [2.75, 3.05) is 0 Å². The molecule has 2 aromatic carbocycles. The van der Waals surface area contributed by atoms with Crippen LogP contribution < -0.4 is 9.47 Å². The van der Waals surface area contributed by atoms with E-state index >= 15 is 0 Å². The Labute approximate surface area is 244 Å². The summed E-state index contributed by atoms with van der Waals surface area (Å²) < 4.78 is 33.8. The number of benzene rings is 2. The molecule has 0 aromatic heterocycles. The van der Waals surface area contributed by atoms with E-state index < -0.39 is 37.1 Å². The summed E-state index contributed by atoms with van der Waals surface area (Å²) in [6.07, 6.45) is -1.72. The van der Waals surface area contributed by atoms with Gasteiger partial charge in [0, 0.05) is 29.4 Å². The standard InChI is InChI=1S/C33H44O8/c1-11-29(40-31(34)21(3)4)38-23(7)36-27-17-13-25(14-18-27)33(9,10)26-15-19-28(20-16-26)37-24(8)39-30(12-2)41-32(35)22(5)6/h13-20,23-24,29-30H,3,5,11-12H2,1-2,4,6-10H3. The van der Waals surface area contributed by atoms with E-state index in [1.54, 1.807) is 27.7 Å². The second kappa shape index (κ2) is 15.4. The Balaban J connectivity index is 1.98. The average molecular weight is 569 g/mol. The molecule has 8 heteroatoms. The fourth-order valence-electron chi connectivity index (χ4n) is 3.79. The molecule has 0 radical (unpaired) electrons. The topological polar surface area (TPSA) is 89.5 Å². The van der Waals surface area contributed by atoms with Crippen LogP contribution in [-0.2, 0) is 34.0 Å². The summed E-state index contributed by atoms with van der Waals surface area (Å²) >= 11 is 0. The lowest BCUT2D eigenvalue weighted by atomic mass is 9.78. The third-order valence-corrected chi connectivity index (χ3v) is 6.28. The monoisotopic (exact) mass is 568 g/mol. The Morgan fingerprint density at radius 1 is 0.683 bits per heavy atom. The molecule has 4 atom stereocenters. The second-order valence-corrected chi connectivity index (χ2v) is 10.4. The van der Waals surface area contributed by atoms with Gasteiger partial charge in [0.2, 0.25) is 25.2 Å². The predicted octanol–water partition coefficient (Wildman–Crippen LogP) is 7.21. The molecular weight excluding hydrogens is 524 g/mol. The van der Waals surface area contributed by atoms with Crippen molar-refractivity contribution in [3.63, 3.8) is 0 Å². The van der Waals surface area contributed by atoms with E-state index in [1.165, 1.54) is 0 Å². The number of hydrogen-bond acceptors (Lipinski definition) is 8. The molecule has 8 nitrogen and oxygen atoms in total. The number of carbonyl (C=O) groups excluding carboxylic acids is 2. The van der Waals surface area contributed by atoms with Gasteiger partial charge in [-0.3, -0.25) is 0 Å². The van der Waals surface area contributed by atoms with Crippen molar-refractivity contribution in [2.45, 2.75) is 98.8 Å². The lowest BCUT2D eigenvalue weighted by Gasteiger charge is -2.27. The van der Waals surface area contributed by atoms with E-state index in [4.69, 9.17) is 28.4 Å². The van der Waals surface area contributed by atoms with Gasteiger partial charge in [-0.15, -0.1) is 0 Å². The lowest BCUT2D eigenvalue weighted by molar-refractivity contribution is -0.213. The fraction of sp³-hybridized carbons (Fsp3) is 0.455. The number of carbonyl (C=O) groups is 2. The van der Waals surface area contributed by atoms with Crippen LogP contribution in [0.1, 0.15) is 79.4 Å². The summed E-state index contributed by atoms with van der Waals surface area (Å²) in [6, 6.07) is 15.6. The first-order chi connectivity index (χ1) is 19.3. The first-order valence-electron chi connectivity index (χ1n) is 13.8. The minimum atomic E-state index is -0.721. The molecule has 0 aliphatic heterocycles. The second-order valence-electron chi connectivity index (χ2n) is 10.4. The largest absolute Gasteiger partial charge is 0.465 e. The Bertz CT molecular complexity index is 1080. The lowest BCUT2D eigenvalue weighted by Crippen LogP contribution is -2.28. The normalized spacial score (nSPS) is 14.2. The molecule has 0 heterocycles. The van der Waals surface area contributed by atoms with Crippen LogP contribution >= 0.6 is 0 Å². The highest BCUT2D eigenvalue weighted by Crippen LogP contribution is 2.33. The predicted molar refractivity (Wildman–Crippen MR) is 157 cm³/mol. The summed E-state index contributed by atoms with van der Waals surface area (Å²) in [5.74, 6) is 0.278. The zero-order valence-electron chi connectivity index (χ0n) is 25.5. The van der Waals surface area contributed by atoms with Crippen molar-refractivity contribution < 1.29 is 38.0 Å². The zero-order chi connectivity index (χ0) is 30.7. The maximum absolute atomic E-state index is 11.8. The van der Waals surface area contributed by atoms with Gasteiger partial charge in [-0.25, -0.2) is 9.59 Å². The first kappa shape index (κ1) is 33.6. The van der Waals surface area contributed by atoms with E-state index in [9.17, 15) is 9.59 Å². The zero-order valence-corrected chi connectivity index (χ0v) is 25.5. The summed E-state index contributed by atoms with van der Waals surface area (Å²) in [7, 11) is 0. The van der Waals surface area contributed by atoms with Gasteiger partial charge in [-0.2, -0.15) is 0 Å². The highest BCUT2D eigenvalue weighted by molar-refractivity contribution is 5.87. The molecule has 2 aromatic rings. The van der Waals surface area contributed by atoms with Crippen LogP contribution in [0.15, 0.2) is 72.8 Å². The third-order valence-electron chi connectivity index (χ3n) is 6.28. The van der Waals surface area contributed by atoms with E-state index in [-0.39, 0.29) is 5.41 Å². The summed E-state index contributed by atoms with van der Waals surface area (Å²) in [4.78, 5) is 23.6. The highest BCUT2D eigenvalue weighted by Gasteiger charge is 2.24. The smallest absolute Gasteiger partial charge is 0.335 e. The van der Waals surface area contributed by atoms with Crippen LogP contribution in [0.3, 0.4) is 0 Å². The minimum absolute atomic E-state index is 0.296. The van der Waals surface area contributed by atoms with Gasteiger partial charge in [-0.1, -0.05) is 65.1 Å². The van der Waals surface area contributed by atoms with Crippen LogP contribution in [0.5, 0.6) is 11.5 Å². The Morgan fingerprint density at radius 2 is 1.00 bits per heavy atom. The van der Waals surface area contributed by atoms with Gasteiger partial charge in [0.25, 0.3) is 0 Å². The number of rotatable bonds is 16. The van der Waals surface area contributed by atoms with Gasteiger partial charge >= 0.3 is 11.9 Å². The van der Waals surface area contributed by atoms with Crippen LogP contribution in [0.4, 0.5) is 0 Å². The van der Waals surface area contributed by atoms with Crippen molar-refractivity contribution in [3.05, 3.63) is 84.0 Å². The van der Waals surface area contributed by atoms with Gasteiger partial charge in [-0.05, 0) is 63.1 Å². The van der Waals surface area contributed by atoms with Gasteiger partial charge in [0.1, 0.15) is 11.5 Å². The first-order valence-corrected chi connectivity index (χ1v) is 13.8. The molecule has 224 valence electrons. The van der Waals surface area contributed by atoms with Crippen LogP contribution in [0.2, 0.25) is 0 Å². The van der Waals surface area contributed by atoms with E-state index in [0.29, 0.717) is 35.5 Å². The van der Waals surface area contributed by atoms with E-state index in [2.05, 4.69) is 27.0 Å². The molecule has 2 rings (SSSR count). The molecule has 0 saturated carbocycles. The highest BCUT2D eigenvalue weighted by atomic mass is 16.8. The van der Waals surface area contributed by atoms with Crippen molar-refractivity contribution >= 4 is 11.9 Å². The van der Waals surface area contributed by atoms with E-state index in [1.807, 2.05) is 62.4 Å². The van der Waals surface area contributed by atoms with Crippen LogP contribution in [-0.4, -0.2) is 37.1 Å². The third kappa shape index (κ3) is 10.4. The molecule has 0 fully saturated rings. The maximum Gasteiger partial charge on any atom is 0.335 e. The quantitative estimate of drug-likeness (QED) is 0.119.